The largest absolute Gasteiger partial charge is 0.302 e. The summed E-state index contributed by atoms with van der Waals surface area (Å²) in [7, 11) is 1.52. The van der Waals surface area contributed by atoms with Crippen LogP contribution < -0.4 is 5.43 Å². The van der Waals surface area contributed by atoms with E-state index in [1.807, 2.05) is 18.2 Å². The summed E-state index contributed by atoms with van der Waals surface area (Å²) in [4.78, 5) is 12.4. The van der Waals surface area contributed by atoms with Gasteiger partial charge in [0.25, 0.3) is 5.91 Å². The zero-order valence-corrected chi connectivity index (χ0v) is 13.7. The molecule has 0 aliphatic heterocycles. The second kappa shape index (κ2) is 7.27. The Morgan fingerprint density at radius 2 is 2.09 bits per heavy atom. The van der Waals surface area contributed by atoms with Gasteiger partial charge in [0.1, 0.15) is 16.0 Å². The summed E-state index contributed by atoms with van der Waals surface area (Å²) >= 11 is 12.6. The molecule has 1 heterocycles. The molecule has 2 rings (SSSR count). The SMILES string of the molecule is CN(N/C=C(\C#N)c1ccccc1)C(=O)c1snc(Cl)c1Cl. The monoisotopic (exact) mass is 352 g/mol. The van der Waals surface area contributed by atoms with Gasteiger partial charge in [-0.25, -0.2) is 0 Å². The first kappa shape index (κ1) is 16.3. The Bertz CT molecular complexity index is 752. The van der Waals surface area contributed by atoms with Crippen molar-refractivity contribution in [3.8, 4) is 6.07 Å². The Kier molecular flexibility index (Phi) is 5.39. The average Bonchev–Trinajstić information content (AvgIpc) is 2.87. The van der Waals surface area contributed by atoms with Crippen molar-refractivity contribution in [2.45, 2.75) is 0 Å². The van der Waals surface area contributed by atoms with Crippen molar-refractivity contribution in [1.82, 2.24) is 14.8 Å². The van der Waals surface area contributed by atoms with Gasteiger partial charge in [-0.15, -0.1) is 0 Å². The molecule has 0 atom stereocenters. The van der Waals surface area contributed by atoms with Gasteiger partial charge in [0.15, 0.2) is 5.15 Å². The number of carbonyl (C=O) groups is 1. The Balaban J connectivity index is 2.13. The van der Waals surface area contributed by atoms with Gasteiger partial charge in [-0.2, -0.15) is 9.64 Å². The van der Waals surface area contributed by atoms with Crippen LogP contribution in [0.25, 0.3) is 5.57 Å². The molecule has 0 aliphatic rings. The van der Waals surface area contributed by atoms with Crippen molar-refractivity contribution in [3.63, 3.8) is 0 Å². The number of rotatable bonds is 4. The number of aromatic nitrogens is 1. The average molecular weight is 353 g/mol. The third kappa shape index (κ3) is 3.57. The summed E-state index contributed by atoms with van der Waals surface area (Å²) in [6.45, 7) is 0. The zero-order chi connectivity index (χ0) is 16.1. The number of hydrogen-bond donors (Lipinski definition) is 1. The zero-order valence-electron chi connectivity index (χ0n) is 11.4. The molecule has 1 N–H and O–H groups in total. The summed E-state index contributed by atoms with van der Waals surface area (Å²) in [6.07, 6.45) is 1.45. The van der Waals surface area contributed by atoms with Crippen LogP contribution >= 0.6 is 34.7 Å². The van der Waals surface area contributed by atoms with Crippen LogP contribution in [0, 0.1) is 11.3 Å². The van der Waals surface area contributed by atoms with E-state index in [1.54, 1.807) is 12.1 Å². The predicted octanol–water partition coefficient (Wildman–Crippen LogP) is 3.59. The molecule has 0 bridgehead atoms. The molecule has 0 unspecified atom stereocenters. The van der Waals surface area contributed by atoms with Crippen LogP contribution in [0.15, 0.2) is 36.5 Å². The van der Waals surface area contributed by atoms with Crippen molar-refractivity contribution in [2.75, 3.05) is 7.05 Å². The van der Waals surface area contributed by atoms with Crippen molar-refractivity contribution >= 4 is 46.2 Å². The maximum Gasteiger partial charge on any atom is 0.285 e. The second-order valence-electron chi connectivity index (χ2n) is 4.15. The molecule has 0 fully saturated rings. The Morgan fingerprint density at radius 1 is 1.41 bits per heavy atom. The molecule has 1 amide bonds. The first-order valence-electron chi connectivity index (χ1n) is 6.05. The molecular weight excluding hydrogens is 343 g/mol. The van der Waals surface area contributed by atoms with Crippen LogP contribution in [-0.2, 0) is 0 Å². The molecule has 0 saturated heterocycles. The number of nitrogens with one attached hydrogen (secondary N) is 1. The van der Waals surface area contributed by atoms with Crippen LogP contribution in [0.1, 0.15) is 15.2 Å². The molecular formula is C14H10Cl2N4OS. The summed E-state index contributed by atoms with van der Waals surface area (Å²) in [5.74, 6) is -0.393. The summed E-state index contributed by atoms with van der Waals surface area (Å²) in [5, 5.41) is 10.6. The number of nitrogens with zero attached hydrogens (tertiary/aromatic N) is 3. The molecule has 5 nitrogen and oxygen atoms in total. The Labute approximate surface area is 141 Å². The lowest BCUT2D eigenvalue weighted by Crippen LogP contribution is -2.36. The number of nitriles is 1. The van der Waals surface area contributed by atoms with Gasteiger partial charge >= 0.3 is 0 Å². The van der Waals surface area contributed by atoms with Gasteiger partial charge in [0, 0.05) is 13.2 Å². The maximum atomic E-state index is 12.2. The molecule has 22 heavy (non-hydrogen) atoms. The lowest BCUT2D eigenvalue weighted by Gasteiger charge is -2.16. The van der Waals surface area contributed by atoms with Crippen molar-refractivity contribution in [2.24, 2.45) is 0 Å². The van der Waals surface area contributed by atoms with Gasteiger partial charge in [0.2, 0.25) is 0 Å². The smallest absolute Gasteiger partial charge is 0.285 e. The summed E-state index contributed by atoms with van der Waals surface area (Å²) < 4.78 is 3.81. The first-order chi connectivity index (χ1) is 10.5. The topological polar surface area (TPSA) is 69.0 Å². The Hall–Kier alpha value is -2.07. The van der Waals surface area contributed by atoms with Gasteiger partial charge in [-0.1, -0.05) is 53.5 Å². The molecule has 0 spiro atoms. The van der Waals surface area contributed by atoms with Crippen LogP contribution in [0.5, 0.6) is 0 Å². The lowest BCUT2D eigenvalue weighted by molar-refractivity contribution is 0.0752. The fourth-order valence-corrected chi connectivity index (χ4v) is 2.75. The minimum atomic E-state index is -0.393. The summed E-state index contributed by atoms with van der Waals surface area (Å²) in [5.41, 5.74) is 3.89. The highest BCUT2D eigenvalue weighted by Crippen LogP contribution is 2.29. The van der Waals surface area contributed by atoms with E-state index in [4.69, 9.17) is 23.2 Å². The molecule has 8 heteroatoms. The number of halogens is 2. The van der Waals surface area contributed by atoms with Gasteiger partial charge in [-0.3, -0.25) is 9.80 Å². The fourth-order valence-electron chi connectivity index (χ4n) is 1.56. The van der Waals surface area contributed by atoms with E-state index >= 15 is 0 Å². The highest BCUT2D eigenvalue weighted by atomic mass is 35.5. The van der Waals surface area contributed by atoms with E-state index in [0.29, 0.717) is 5.57 Å². The van der Waals surface area contributed by atoms with Crippen molar-refractivity contribution < 1.29 is 4.79 Å². The minimum absolute atomic E-state index is 0.0981. The van der Waals surface area contributed by atoms with Crippen LogP contribution in [0.2, 0.25) is 10.2 Å². The maximum absolute atomic E-state index is 12.2. The van der Waals surface area contributed by atoms with Gasteiger partial charge < -0.3 is 5.43 Å². The highest BCUT2D eigenvalue weighted by molar-refractivity contribution is 7.09. The lowest BCUT2D eigenvalue weighted by atomic mass is 10.1. The summed E-state index contributed by atoms with van der Waals surface area (Å²) in [6, 6.07) is 11.2. The van der Waals surface area contributed by atoms with E-state index in [0.717, 1.165) is 17.1 Å². The van der Waals surface area contributed by atoms with Crippen molar-refractivity contribution in [1.29, 1.82) is 5.26 Å². The minimum Gasteiger partial charge on any atom is -0.302 e. The van der Waals surface area contributed by atoms with Crippen LogP contribution in [-0.4, -0.2) is 22.3 Å². The number of allylic oxidation sites excluding steroid dienone is 1. The fraction of sp³-hybridized carbons (Fsp3) is 0.0714. The standard InChI is InChI=1S/C14H10Cl2N4OS/c1-20(14(21)12-11(15)13(16)19-22-12)18-8-10(7-17)9-5-3-2-4-6-9/h2-6,8,18H,1H3/b10-8+. The molecule has 0 saturated carbocycles. The van der Waals surface area contributed by atoms with E-state index < -0.39 is 5.91 Å². The quantitative estimate of drug-likeness (QED) is 0.674. The third-order valence-electron chi connectivity index (χ3n) is 2.70. The normalized spacial score (nSPS) is 10.9. The molecule has 0 radical (unpaired) electrons. The first-order valence-corrected chi connectivity index (χ1v) is 7.58. The predicted molar refractivity (Wildman–Crippen MR) is 87.4 cm³/mol. The van der Waals surface area contributed by atoms with E-state index in [2.05, 4.69) is 15.9 Å². The van der Waals surface area contributed by atoms with E-state index in [9.17, 15) is 10.1 Å². The second-order valence-corrected chi connectivity index (χ2v) is 5.65. The number of amides is 1. The van der Waals surface area contributed by atoms with Crippen LogP contribution in [0.4, 0.5) is 0 Å². The molecule has 2 aromatic rings. The molecule has 0 aliphatic carbocycles. The number of carbonyl (C=O) groups excluding carboxylic acids is 1. The highest BCUT2D eigenvalue weighted by Gasteiger charge is 2.20. The Morgan fingerprint density at radius 3 is 2.64 bits per heavy atom. The van der Waals surface area contributed by atoms with E-state index in [-0.39, 0.29) is 15.1 Å². The van der Waals surface area contributed by atoms with Gasteiger partial charge in [-0.05, 0) is 17.1 Å². The van der Waals surface area contributed by atoms with Crippen LogP contribution in [0.3, 0.4) is 0 Å². The third-order valence-corrected chi connectivity index (χ3v) is 4.49. The van der Waals surface area contributed by atoms with Gasteiger partial charge in [0.05, 0.1) is 5.57 Å². The van der Waals surface area contributed by atoms with E-state index in [1.165, 1.54) is 18.3 Å². The number of hydrogen-bond acceptors (Lipinski definition) is 5. The number of hydrazine groups is 1. The molecule has 1 aromatic carbocycles. The van der Waals surface area contributed by atoms with Crippen molar-refractivity contribution in [3.05, 3.63) is 57.1 Å². The number of benzene rings is 1. The molecule has 112 valence electrons. The molecule has 1 aromatic heterocycles.